The Morgan fingerprint density at radius 3 is 2.91 bits per heavy atom. The number of nitrogens with one attached hydrogen (secondary N) is 2. The van der Waals surface area contributed by atoms with E-state index in [1.165, 1.54) is 9.96 Å². The molecule has 0 amide bonds. The molecule has 22 heavy (non-hydrogen) atoms. The van der Waals surface area contributed by atoms with Crippen molar-refractivity contribution in [2.45, 2.75) is 26.2 Å². The van der Waals surface area contributed by atoms with E-state index in [0.717, 1.165) is 37.1 Å². The van der Waals surface area contributed by atoms with Crippen LogP contribution in [0.5, 0.6) is 0 Å². The molecule has 6 heteroatoms. The molecule has 0 saturated heterocycles. The molecule has 0 aliphatic heterocycles. The highest BCUT2D eigenvalue weighted by Crippen LogP contribution is 2.15. The van der Waals surface area contributed by atoms with Gasteiger partial charge in [-0.3, -0.25) is 4.98 Å². The summed E-state index contributed by atoms with van der Waals surface area (Å²) >= 11 is 0. The van der Waals surface area contributed by atoms with Crippen molar-refractivity contribution in [1.29, 1.82) is 0 Å². The molecular formula is C16H19N5O. The number of hydrogen-bond donors (Lipinski definition) is 2. The third-order valence-corrected chi connectivity index (χ3v) is 3.61. The quantitative estimate of drug-likeness (QED) is 0.684. The van der Waals surface area contributed by atoms with E-state index in [0.29, 0.717) is 5.65 Å². The fourth-order valence-electron chi connectivity index (χ4n) is 2.50. The SMILES string of the molecule is Cc1cc(NCCCCc2ccncc2)c2n[nH]c(=O)n2c1. The number of aryl methyl sites for hydroxylation is 2. The number of aromatic nitrogens is 4. The van der Waals surface area contributed by atoms with Gasteiger partial charge < -0.3 is 5.32 Å². The molecule has 0 aliphatic rings. The van der Waals surface area contributed by atoms with Gasteiger partial charge in [0.25, 0.3) is 0 Å². The molecule has 0 fully saturated rings. The Bertz CT molecular complexity index is 806. The summed E-state index contributed by atoms with van der Waals surface area (Å²) in [7, 11) is 0. The Labute approximate surface area is 128 Å². The van der Waals surface area contributed by atoms with Crippen molar-refractivity contribution in [3.63, 3.8) is 0 Å². The first-order valence-corrected chi connectivity index (χ1v) is 7.44. The summed E-state index contributed by atoms with van der Waals surface area (Å²) in [5.41, 5.74) is 3.66. The average molecular weight is 297 g/mol. The number of aromatic amines is 1. The highest BCUT2D eigenvalue weighted by molar-refractivity contribution is 5.67. The maximum Gasteiger partial charge on any atom is 0.347 e. The summed E-state index contributed by atoms with van der Waals surface area (Å²) in [4.78, 5) is 15.6. The Morgan fingerprint density at radius 1 is 1.27 bits per heavy atom. The molecule has 2 N–H and O–H groups in total. The second-order valence-corrected chi connectivity index (χ2v) is 5.39. The van der Waals surface area contributed by atoms with Gasteiger partial charge in [0.05, 0.1) is 5.69 Å². The molecule has 0 unspecified atom stereocenters. The van der Waals surface area contributed by atoms with E-state index in [9.17, 15) is 4.79 Å². The van der Waals surface area contributed by atoms with Crippen molar-refractivity contribution in [2.24, 2.45) is 0 Å². The Hall–Kier alpha value is -2.63. The van der Waals surface area contributed by atoms with Gasteiger partial charge in [0.1, 0.15) is 0 Å². The molecule has 3 heterocycles. The minimum Gasteiger partial charge on any atom is -0.382 e. The van der Waals surface area contributed by atoms with E-state index in [4.69, 9.17) is 0 Å². The van der Waals surface area contributed by atoms with Crippen molar-refractivity contribution in [2.75, 3.05) is 11.9 Å². The largest absolute Gasteiger partial charge is 0.382 e. The van der Waals surface area contributed by atoms with Crippen LogP contribution in [0.2, 0.25) is 0 Å². The first-order valence-electron chi connectivity index (χ1n) is 7.44. The lowest BCUT2D eigenvalue weighted by molar-refractivity contribution is 0.762. The third-order valence-electron chi connectivity index (χ3n) is 3.61. The van der Waals surface area contributed by atoms with Crippen LogP contribution in [0.3, 0.4) is 0 Å². The molecule has 0 atom stereocenters. The number of pyridine rings is 2. The van der Waals surface area contributed by atoms with E-state index < -0.39 is 0 Å². The summed E-state index contributed by atoms with van der Waals surface area (Å²) in [6.07, 6.45) is 8.65. The second-order valence-electron chi connectivity index (χ2n) is 5.39. The molecular weight excluding hydrogens is 278 g/mol. The monoisotopic (exact) mass is 297 g/mol. The zero-order valence-electron chi connectivity index (χ0n) is 12.5. The van der Waals surface area contributed by atoms with Crippen molar-refractivity contribution >= 4 is 11.3 Å². The molecule has 114 valence electrons. The van der Waals surface area contributed by atoms with E-state index in [1.807, 2.05) is 37.5 Å². The van der Waals surface area contributed by atoms with E-state index in [-0.39, 0.29) is 5.69 Å². The topological polar surface area (TPSA) is 75.1 Å². The van der Waals surface area contributed by atoms with E-state index >= 15 is 0 Å². The maximum absolute atomic E-state index is 11.6. The lowest BCUT2D eigenvalue weighted by Gasteiger charge is -2.08. The molecule has 0 spiro atoms. The number of nitrogens with zero attached hydrogens (tertiary/aromatic N) is 3. The highest BCUT2D eigenvalue weighted by atomic mass is 16.1. The van der Waals surface area contributed by atoms with Gasteiger partial charge in [-0.2, -0.15) is 5.10 Å². The fourth-order valence-corrected chi connectivity index (χ4v) is 2.50. The summed E-state index contributed by atoms with van der Waals surface area (Å²) < 4.78 is 1.54. The van der Waals surface area contributed by atoms with Gasteiger partial charge in [-0.05, 0) is 55.5 Å². The molecule has 6 nitrogen and oxygen atoms in total. The van der Waals surface area contributed by atoms with Crippen molar-refractivity contribution in [3.05, 3.63) is 58.4 Å². The Morgan fingerprint density at radius 2 is 2.09 bits per heavy atom. The van der Waals surface area contributed by atoms with Crippen molar-refractivity contribution < 1.29 is 0 Å². The zero-order valence-corrected chi connectivity index (χ0v) is 12.5. The van der Waals surface area contributed by atoms with Crippen molar-refractivity contribution in [3.8, 4) is 0 Å². The number of unbranched alkanes of at least 4 members (excludes halogenated alkanes) is 1. The first kappa shape index (κ1) is 14.3. The number of rotatable bonds is 6. The fraction of sp³-hybridized carbons (Fsp3) is 0.312. The second kappa shape index (κ2) is 6.43. The van der Waals surface area contributed by atoms with Crippen LogP contribution < -0.4 is 11.0 Å². The third kappa shape index (κ3) is 3.16. The predicted octanol–water partition coefficient (Wildman–Crippen LogP) is 2.16. The Kier molecular flexibility index (Phi) is 4.18. The molecule has 0 radical (unpaired) electrons. The van der Waals surface area contributed by atoms with Crippen LogP contribution in [0.25, 0.3) is 5.65 Å². The van der Waals surface area contributed by atoms with Gasteiger partial charge >= 0.3 is 5.69 Å². The average Bonchev–Trinajstić information content (AvgIpc) is 2.89. The van der Waals surface area contributed by atoms with Gasteiger partial charge in [0.15, 0.2) is 5.65 Å². The molecule has 0 aliphatic carbocycles. The minimum absolute atomic E-state index is 0.209. The van der Waals surface area contributed by atoms with Crippen LogP contribution in [0.4, 0.5) is 5.69 Å². The van der Waals surface area contributed by atoms with Gasteiger partial charge in [-0.25, -0.2) is 14.3 Å². The predicted molar refractivity (Wildman–Crippen MR) is 86.2 cm³/mol. The molecule has 3 rings (SSSR count). The normalized spacial score (nSPS) is 11.0. The molecule has 3 aromatic heterocycles. The lowest BCUT2D eigenvalue weighted by atomic mass is 10.1. The molecule has 0 bridgehead atoms. The van der Waals surface area contributed by atoms with Crippen LogP contribution in [0.15, 0.2) is 41.6 Å². The van der Waals surface area contributed by atoms with Gasteiger partial charge in [-0.15, -0.1) is 0 Å². The first-order chi connectivity index (χ1) is 10.7. The minimum atomic E-state index is -0.209. The summed E-state index contributed by atoms with van der Waals surface area (Å²) in [6.45, 7) is 2.82. The number of H-pyrrole nitrogens is 1. The molecule has 3 aromatic rings. The standard InChI is InChI=1S/C16H19N5O/c1-12-10-14(15-19-20-16(22)21(15)11-12)18-7-3-2-4-13-5-8-17-9-6-13/h5-6,8-11,18H,2-4,7H2,1H3,(H,20,22). The van der Waals surface area contributed by atoms with Crippen LogP contribution >= 0.6 is 0 Å². The maximum atomic E-state index is 11.6. The van der Waals surface area contributed by atoms with E-state index in [1.54, 1.807) is 6.20 Å². The number of anilines is 1. The zero-order chi connectivity index (χ0) is 15.4. The van der Waals surface area contributed by atoms with Crippen LogP contribution in [-0.4, -0.2) is 26.1 Å². The Balaban J connectivity index is 1.57. The summed E-state index contributed by atoms with van der Waals surface area (Å²) in [5.74, 6) is 0. The highest BCUT2D eigenvalue weighted by Gasteiger charge is 2.06. The molecule has 0 saturated carbocycles. The van der Waals surface area contributed by atoms with Crippen molar-refractivity contribution in [1.82, 2.24) is 19.6 Å². The van der Waals surface area contributed by atoms with E-state index in [2.05, 4.69) is 20.5 Å². The van der Waals surface area contributed by atoms with Crippen LogP contribution in [-0.2, 0) is 6.42 Å². The number of fused-ring (bicyclic) bond motifs is 1. The smallest absolute Gasteiger partial charge is 0.347 e. The van der Waals surface area contributed by atoms with Gasteiger partial charge in [0, 0.05) is 25.1 Å². The molecule has 0 aromatic carbocycles. The number of hydrogen-bond acceptors (Lipinski definition) is 4. The lowest BCUT2D eigenvalue weighted by Crippen LogP contribution is -2.11. The van der Waals surface area contributed by atoms with Gasteiger partial charge in [-0.1, -0.05) is 0 Å². The van der Waals surface area contributed by atoms with Crippen LogP contribution in [0, 0.1) is 6.92 Å². The van der Waals surface area contributed by atoms with Crippen LogP contribution in [0.1, 0.15) is 24.0 Å². The summed E-state index contributed by atoms with van der Waals surface area (Å²) in [6, 6.07) is 6.11. The van der Waals surface area contributed by atoms with Gasteiger partial charge in [0.2, 0.25) is 0 Å². The summed E-state index contributed by atoms with van der Waals surface area (Å²) in [5, 5.41) is 9.91.